The van der Waals surface area contributed by atoms with Gasteiger partial charge in [-0.25, -0.2) is 15.0 Å². The number of aromatic nitrogens is 3. The van der Waals surface area contributed by atoms with Crippen LogP contribution in [0.25, 0.3) is 11.0 Å². The van der Waals surface area contributed by atoms with Gasteiger partial charge in [-0.3, -0.25) is 4.90 Å². The molecule has 0 radical (unpaired) electrons. The van der Waals surface area contributed by atoms with Gasteiger partial charge >= 0.3 is 0 Å². The van der Waals surface area contributed by atoms with E-state index in [9.17, 15) is 0 Å². The van der Waals surface area contributed by atoms with E-state index in [1.165, 1.54) is 32.7 Å². The molecule has 2 saturated heterocycles. The lowest BCUT2D eigenvalue weighted by molar-refractivity contribution is 0.0860. The Balaban J connectivity index is 1.46. The van der Waals surface area contributed by atoms with Crippen molar-refractivity contribution in [2.24, 2.45) is 0 Å². The Hall–Kier alpha value is -1.79. The summed E-state index contributed by atoms with van der Waals surface area (Å²) in [7, 11) is 0. The molecule has 0 N–H and O–H groups in total. The van der Waals surface area contributed by atoms with Crippen LogP contribution < -0.4 is 4.90 Å². The quantitative estimate of drug-likeness (QED) is 0.848. The molecular weight excluding hydrogens is 288 g/mol. The van der Waals surface area contributed by atoms with Gasteiger partial charge < -0.3 is 9.80 Å². The lowest BCUT2D eigenvalue weighted by atomic mass is 10.1. The Morgan fingerprint density at radius 2 is 1.91 bits per heavy atom. The fourth-order valence-electron chi connectivity index (χ4n) is 3.60. The van der Waals surface area contributed by atoms with Gasteiger partial charge in [0.15, 0.2) is 5.65 Å². The van der Waals surface area contributed by atoms with Crippen molar-refractivity contribution in [2.45, 2.75) is 19.9 Å². The minimum Gasteiger partial charge on any atom is -0.353 e. The lowest BCUT2D eigenvalue weighted by Gasteiger charge is -2.48. The molecule has 2 fully saturated rings. The number of aryl methyl sites for hydroxylation is 1. The summed E-state index contributed by atoms with van der Waals surface area (Å²) in [4.78, 5) is 21.0. The molecule has 0 saturated carbocycles. The predicted molar refractivity (Wildman–Crippen MR) is 91.8 cm³/mol. The van der Waals surface area contributed by atoms with E-state index in [2.05, 4.69) is 42.6 Å². The summed E-state index contributed by atoms with van der Waals surface area (Å²) in [5, 5.41) is 1.06. The summed E-state index contributed by atoms with van der Waals surface area (Å²) in [6.07, 6.45) is 1.80. The SMILES string of the molecule is CCN1CCN(C2CN(c3nc(C)nc4ncccc34)C2)CC1. The molecular formula is C17H24N6. The van der Waals surface area contributed by atoms with E-state index in [-0.39, 0.29) is 0 Å². The van der Waals surface area contributed by atoms with E-state index in [1.54, 1.807) is 6.20 Å². The number of piperazine rings is 1. The van der Waals surface area contributed by atoms with E-state index in [1.807, 2.05) is 13.0 Å². The minimum absolute atomic E-state index is 0.663. The van der Waals surface area contributed by atoms with E-state index in [0.717, 1.165) is 35.8 Å². The average Bonchev–Trinajstić information content (AvgIpc) is 2.54. The van der Waals surface area contributed by atoms with E-state index in [4.69, 9.17) is 0 Å². The molecule has 2 aliphatic rings. The Morgan fingerprint density at radius 3 is 2.65 bits per heavy atom. The first kappa shape index (κ1) is 14.8. The Kier molecular flexibility index (Phi) is 3.87. The van der Waals surface area contributed by atoms with Crippen molar-refractivity contribution in [3.8, 4) is 0 Å². The molecule has 0 aliphatic carbocycles. The fraction of sp³-hybridized carbons (Fsp3) is 0.588. The minimum atomic E-state index is 0.663. The van der Waals surface area contributed by atoms with Gasteiger partial charge in [0.2, 0.25) is 0 Å². The first-order valence-electron chi connectivity index (χ1n) is 8.55. The Morgan fingerprint density at radius 1 is 1.13 bits per heavy atom. The molecule has 0 unspecified atom stereocenters. The molecule has 2 aromatic rings. The van der Waals surface area contributed by atoms with Gasteiger partial charge in [0.1, 0.15) is 11.6 Å². The topological polar surface area (TPSA) is 48.4 Å². The van der Waals surface area contributed by atoms with Crippen LogP contribution in [0.4, 0.5) is 5.82 Å². The highest BCUT2D eigenvalue weighted by atomic mass is 15.4. The third-order valence-electron chi connectivity index (χ3n) is 5.10. The highest BCUT2D eigenvalue weighted by Crippen LogP contribution is 2.28. The van der Waals surface area contributed by atoms with Gasteiger partial charge in [-0.15, -0.1) is 0 Å². The number of hydrogen-bond donors (Lipinski definition) is 0. The van der Waals surface area contributed by atoms with E-state index in [0.29, 0.717) is 6.04 Å². The van der Waals surface area contributed by atoms with Crippen LogP contribution in [0.15, 0.2) is 18.3 Å². The van der Waals surface area contributed by atoms with Crippen molar-refractivity contribution < 1.29 is 0 Å². The smallest absolute Gasteiger partial charge is 0.164 e. The van der Waals surface area contributed by atoms with Crippen LogP contribution in [-0.2, 0) is 0 Å². The number of anilines is 1. The maximum absolute atomic E-state index is 4.68. The molecule has 0 amide bonds. The molecule has 0 atom stereocenters. The zero-order chi connectivity index (χ0) is 15.8. The number of pyridine rings is 1. The molecule has 4 heterocycles. The second-order valence-electron chi connectivity index (χ2n) is 6.50. The highest BCUT2D eigenvalue weighted by molar-refractivity contribution is 5.87. The van der Waals surface area contributed by atoms with Crippen LogP contribution in [0.3, 0.4) is 0 Å². The standard InChI is InChI=1S/C17H24N6/c1-3-21-7-9-22(10-8-21)14-11-23(12-14)17-15-5-4-6-18-16(15)19-13(2)20-17/h4-6,14H,3,7-12H2,1-2H3. The Labute approximate surface area is 137 Å². The predicted octanol–water partition coefficient (Wildman–Crippen LogP) is 1.16. The van der Waals surface area contributed by atoms with Gasteiger partial charge in [0.25, 0.3) is 0 Å². The lowest BCUT2D eigenvalue weighted by Crippen LogP contribution is -2.63. The summed E-state index contributed by atoms with van der Waals surface area (Å²) in [6.45, 7) is 12.3. The van der Waals surface area contributed by atoms with Gasteiger partial charge in [-0.05, 0) is 25.6 Å². The summed E-state index contributed by atoms with van der Waals surface area (Å²) < 4.78 is 0. The van der Waals surface area contributed by atoms with Crippen LogP contribution >= 0.6 is 0 Å². The summed E-state index contributed by atoms with van der Waals surface area (Å²) >= 11 is 0. The maximum Gasteiger partial charge on any atom is 0.164 e. The van der Waals surface area contributed by atoms with Crippen molar-refractivity contribution >= 4 is 16.9 Å². The highest BCUT2D eigenvalue weighted by Gasteiger charge is 2.34. The number of rotatable bonds is 3. The number of fused-ring (bicyclic) bond motifs is 1. The van der Waals surface area contributed by atoms with Crippen molar-refractivity contribution in [2.75, 3.05) is 50.7 Å². The molecule has 6 nitrogen and oxygen atoms in total. The molecule has 122 valence electrons. The second-order valence-corrected chi connectivity index (χ2v) is 6.50. The van der Waals surface area contributed by atoms with Crippen molar-refractivity contribution in [3.63, 3.8) is 0 Å². The van der Waals surface area contributed by atoms with E-state index < -0.39 is 0 Å². The normalized spacial score (nSPS) is 20.9. The summed E-state index contributed by atoms with van der Waals surface area (Å²) in [6, 6.07) is 4.70. The van der Waals surface area contributed by atoms with Crippen molar-refractivity contribution in [3.05, 3.63) is 24.2 Å². The average molecular weight is 312 g/mol. The second kappa shape index (κ2) is 6.02. The largest absolute Gasteiger partial charge is 0.353 e. The van der Waals surface area contributed by atoms with Crippen LogP contribution in [0.5, 0.6) is 0 Å². The van der Waals surface area contributed by atoms with Gasteiger partial charge in [0, 0.05) is 51.5 Å². The monoisotopic (exact) mass is 312 g/mol. The molecule has 0 aromatic carbocycles. The van der Waals surface area contributed by atoms with Crippen molar-refractivity contribution in [1.82, 2.24) is 24.8 Å². The summed E-state index contributed by atoms with van der Waals surface area (Å²) in [5.74, 6) is 1.84. The summed E-state index contributed by atoms with van der Waals surface area (Å²) in [5.41, 5.74) is 0.801. The van der Waals surface area contributed by atoms with Crippen molar-refractivity contribution in [1.29, 1.82) is 0 Å². The van der Waals surface area contributed by atoms with Gasteiger partial charge in [-0.2, -0.15) is 0 Å². The molecule has 4 rings (SSSR count). The first-order valence-corrected chi connectivity index (χ1v) is 8.55. The molecule has 2 aromatic heterocycles. The van der Waals surface area contributed by atoms with Gasteiger partial charge in [-0.1, -0.05) is 6.92 Å². The van der Waals surface area contributed by atoms with Crippen LogP contribution in [0, 0.1) is 6.92 Å². The fourth-order valence-corrected chi connectivity index (χ4v) is 3.60. The molecule has 23 heavy (non-hydrogen) atoms. The zero-order valence-electron chi connectivity index (χ0n) is 13.9. The van der Waals surface area contributed by atoms with Gasteiger partial charge in [0.05, 0.1) is 5.39 Å². The zero-order valence-corrected chi connectivity index (χ0v) is 13.9. The third-order valence-corrected chi connectivity index (χ3v) is 5.10. The molecule has 0 spiro atoms. The number of likely N-dealkylation sites (N-methyl/N-ethyl adjacent to an activating group) is 1. The van der Waals surface area contributed by atoms with Crippen LogP contribution in [0.1, 0.15) is 12.7 Å². The molecule has 0 bridgehead atoms. The first-order chi connectivity index (χ1) is 11.2. The van der Waals surface area contributed by atoms with E-state index >= 15 is 0 Å². The number of nitrogens with zero attached hydrogens (tertiary/aromatic N) is 6. The van der Waals surface area contributed by atoms with Crippen LogP contribution in [-0.4, -0.2) is 76.6 Å². The van der Waals surface area contributed by atoms with Crippen LogP contribution in [0.2, 0.25) is 0 Å². The third kappa shape index (κ3) is 2.77. The molecule has 2 aliphatic heterocycles. The number of hydrogen-bond acceptors (Lipinski definition) is 6. The Bertz CT molecular complexity index is 689. The molecule has 6 heteroatoms. The maximum atomic E-state index is 4.68.